The van der Waals surface area contributed by atoms with Gasteiger partial charge in [0.15, 0.2) is 6.29 Å². The van der Waals surface area contributed by atoms with Crippen LogP contribution in [0.1, 0.15) is 67.1 Å². The molecule has 5 aromatic rings. The van der Waals surface area contributed by atoms with Crippen molar-refractivity contribution in [3.05, 3.63) is 157 Å². The summed E-state index contributed by atoms with van der Waals surface area (Å²) in [6.07, 6.45) is -4.54. The minimum absolute atomic E-state index is 0.0260. The van der Waals surface area contributed by atoms with E-state index in [1.807, 2.05) is 62.4 Å². The summed E-state index contributed by atoms with van der Waals surface area (Å²) in [6.45, 7) is 17.4. The van der Waals surface area contributed by atoms with Gasteiger partial charge in [-0.15, -0.1) is 0 Å². The molecule has 3 saturated heterocycles. The highest BCUT2D eigenvalue weighted by Gasteiger charge is 2.58. The molecule has 11 heteroatoms. The summed E-state index contributed by atoms with van der Waals surface area (Å²) in [5.41, 5.74) is 0.707. The molecule has 8 rings (SSSR count). The van der Waals surface area contributed by atoms with Gasteiger partial charge in [-0.1, -0.05) is 189 Å². The normalized spacial score (nSPS) is 27.6. The van der Waals surface area contributed by atoms with Crippen LogP contribution in [0.15, 0.2) is 146 Å². The van der Waals surface area contributed by atoms with Gasteiger partial charge in [-0.25, -0.2) is 4.39 Å². The van der Waals surface area contributed by atoms with Crippen LogP contribution in [0.2, 0.25) is 10.1 Å². The second-order valence-corrected chi connectivity index (χ2v) is 27.9. The van der Waals surface area contributed by atoms with Gasteiger partial charge >= 0.3 is 0 Å². The minimum Gasteiger partial charge on any atom is -0.399 e. The molecule has 336 valence electrons. The Kier molecular flexibility index (Phi) is 14.4. The third-order valence-corrected chi connectivity index (χ3v) is 23.4. The Morgan fingerprint density at radius 3 is 1.37 bits per heavy atom. The number of hydrogen-bond acceptors (Lipinski definition) is 8. The Labute approximate surface area is 375 Å². The second-order valence-electron chi connectivity index (χ2n) is 19.4. The van der Waals surface area contributed by atoms with Gasteiger partial charge in [0.05, 0.1) is 37.6 Å². The van der Waals surface area contributed by atoms with E-state index in [1.54, 1.807) is 12.1 Å². The molecule has 0 saturated carbocycles. The first-order chi connectivity index (χ1) is 30.0. The summed E-state index contributed by atoms with van der Waals surface area (Å²) < 4.78 is 46.4. The molecule has 4 unspecified atom stereocenters. The molecule has 63 heavy (non-hydrogen) atoms. The van der Waals surface area contributed by atoms with E-state index in [0.29, 0.717) is 12.2 Å². The zero-order valence-corrected chi connectivity index (χ0v) is 39.8. The third kappa shape index (κ3) is 9.20. The lowest BCUT2D eigenvalue weighted by Crippen LogP contribution is -2.70. The van der Waals surface area contributed by atoms with Crippen LogP contribution in [0.4, 0.5) is 4.39 Å². The zero-order valence-electron chi connectivity index (χ0n) is 37.8. The molecule has 3 N–H and O–H groups in total. The van der Waals surface area contributed by atoms with E-state index in [9.17, 15) is 19.7 Å². The molecule has 3 heterocycles. The van der Waals surface area contributed by atoms with E-state index < -0.39 is 59.5 Å². The fourth-order valence-electron chi connectivity index (χ4n) is 9.83. The van der Waals surface area contributed by atoms with E-state index in [4.69, 9.17) is 23.1 Å². The molecular formula is C52H65FO8Si2. The molecule has 3 aliphatic rings. The van der Waals surface area contributed by atoms with Crippen molar-refractivity contribution in [1.29, 1.82) is 0 Å². The van der Waals surface area contributed by atoms with Gasteiger partial charge in [0.1, 0.15) is 24.1 Å². The zero-order chi connectivity index (χ0) is 45.2. The van der Waals surface area contributed by atoms with Gasteiger partial charge in [0, 0.05) is 11.8 Å². The number of benzene rings is 5. The highest BCUT2D eigenvalue weighted by molar-refractivity contribution is 7.00. The first-order valence-corrected chi connectivity index (χ1v) is 26.1. The summed E-state index contributed by atoms with van der Waals surface area (Å²) in [7, 11) is -5.77. The largest absolute Gasteiger partial charge is 0.399 e. The predicted octanol–water partition coefficient (Wildman–Crippen LogP) is 6.88. The Hall–Kier alpha value is -3.86. The summed E-state index contributed by atoms with van der Waals surface area (Å²) >= 11 is 0. The van der Waals surface area contributed by atoms with Crippen LogP contribution in [-0.4, -0.2) is 88.1 Å². The summed E-state index contributed by atoms with van der Waals surface area (Å²) in [5, 5.41) is 36.7. The quantitative estimate of drug-likeness (QED) is 0.131. The van der Waals surface area contributed by atoms with Crippen molar-refractivity contribution in [2.24, 2.45) is 11.8 Å². The molecule has 0 spiro atoms. The fourth-order valence-corrected chi connectivity index (χ4v) is 19.2. The molecule has 0 radical (unpaired) electrons. The lowest BCUT2D eigenvalue weighted by atomic mass is 9.86. The van der Waals surface area contributed by atoms with Crippen molar-refractivity contribution in [2.75, 3.05) is 13.2 Å². The maximum atomic E-state index is 13.7. The van der Waals surface area contributed by atoms with Crippen molar-refractivity contribution >= 4 is 37.4 Å². The Balaban J connectivity index is 0.000000193. The van der Waals surface area contributed by atoms with Gasteiger partial charge in [-0.2, -0.15) is 0 Å². The van der Waals surface area contributed by atoms with Crippen molar-refractivity contribution in [2.45, 2.75) is 114 Å². The molecule has 8 nitrogen and oxygen atoms in total. The average molecular weight is 893 g/mol. The Morgan fingerprint density at radius 1 is 0.571 bits per heavy atom. The number of halogens is 1. The summed E-state index contributed by atoms with van der Waals surface area (Å²) in [4.78, 5) is 0. The molecular weight excluding hydrogens is 828 g/mol. The van der Waals surface area contributed by atoms with Crippen LogP contribution >= 0.6 is 0 Å². The predicted molar refractivity (Wildman–Crippen MR) is 251 cm³/mol. The van der Waals surface area contributed by atoms with Gasteiger partial charge in [0.2, 0.25) is 0 Å². The lowest BCUT2D eigenvalue weighted by Gasteiger charge is -2.50. The van der Waals surface area contributed by atoms with Crippen LogP contribution in [-0.2, 0) is 23.1 Å². The van der Waals surface area contributed by atoms with Crippen molar-refractivity contribution in [3.8, 4) is 0 Å². The van der Waals surface area contributed by atoms with Gasteiger partial charge < -0.3 is 38.4 Å². The highest BCUT2D eigenvalue weighted by Crippen LogP contribution is 2.45. The van der Waals surface area contributed by atoms with Gasteiger partial charge in [-0.3, -0.25) is 0 Å². The number of fused-ring (bicyclic) bond motifs is 2. The van der Waals surface area contributed by atoms with E-state index in [2.05, 4.69) is 114 Å². The lowest BCUT2D eigenvalue weighted by molar-refractivity contribution is -0.204. The smallest absolute Gasteiger partial charge is 0.261 e. The highest BCUT2D eigenvalue weighted by atomic mass is 28.4. The number of aliphatic hydroxyl groups excluding tert-OH is 3. The molecule has 0 amide bonds. The maximum Gasteiger partial charge on any atom is 0.261 e. The molecule has 3 fully saturated rings. The molecule has 5 aromatic carbocycles. The molecule has 2 bridgehead atoms. The Bertz CT molecular complexity index is 2110. The van der Waals surface area contributed by atoms with Crippen molar-refractivity contribution in [3.63, 3.8) is 0 Å². The summed E-state index contributed by atoms with van der Waals surface area (Å²) in [5.74, 6) is -0.719. The number of ether oxygens (including phenoxy) is 3. The van der Waals surface area contributed by atoms with Crippen LogP contribution in [0.3, 0.4) is 0 Å². The summed E-state index contributed by atoms with van der Waals surface area (Å²) in [6, 6.07) is 47.5. The van der Waals surface area contributed by atoms with E-state index in [0.717, 1.165) is 10.4 Å². The number of rotatable bonds is 10. The SMILES string of the molecule is CC1[C@H](O)C(O[Si](c2ccccc2)(c2ccccc2)C(C)(C)C)[C@@H]2OC[C@H]1O2.CC1[C@H](O)C(O[Si](c2ccccc2)(c2ccccc2)C(C)(C)C)[C@H](c2ccc(F)cc2)O[C@@H]1CO. The van der Waals surface area contributed by atoms with Crippen molar-refractivity contribution in [1.82, 2.24) is 0 Å². The first-order valence-electron chi connectivity index (χ1n) is 22.3. The molecule has 0 aromatic heterocycles. The van der Waals surface area contributed by atoms with Crippen LogP contribution in [0.5, 0.6) is 0 Å². The minimum atomic E-state index is -3.00. The third-order valence-electron chi connectivity index (χ3n) is 13.4. The first kappa shape index (κ1) is 47.1. The Morgan fingerprint density at radius 2 is 0.968 bits per heavy atom. The molecule has 10 atom stereocenters. The average Bonchev–Trinajstić information content (AvgIpc) is 3.74. The van der Waals surface area contributed by atoms with Gasteiger partial charge in [0.25, 0.3) is 16.6 Å². The van der Waals surface area contributed by atoms with E-state index in [1.165, 1.54) is 22.5 Å². The van der Waals surface area contributed by atoms with Crippen LogP contribution in [0.25, 0.3) is 0 Å². The van der Waals surface area contributed by atoms with Crippen LogP contribution in [0, 0.1) is 17.7 Å². The van der Waals surface area contributed by atoms with E-state index >= 15 is 0 Å². The molecule has 0 aliphatic carbocycles. The second kappa shape index (κ2) is 19.3. The van der Waals surface area contributed by atoms with Crippen LogP contribution < -0.4 is 20.7 Å². The monoisotopic (exact) mass is 892 g/mol. The number of aliphatic hydroxyl groups is 3. The van der Waals surface area contributed by atoms with E-state index in [-0.39, 0.29) is 40.4 Å². The number of hydrogen-bond donors (Lipinski definition) is 3. The standard InChI is InChI=1S/C29H35FO4Si.C23H30O4Si/c1-20-25(19-31)33-27(21-15-17-22(30)18-16-21)28(26(20)32)34-35(29(2,3)4,23-11-7-5-8-12-23)24-13-9-6-10-14-24;1-16-19-15-25-22(26-19)21(20(16)24)27-28(23(2,3)4,17-11-7-5-8-12-17)18-13-9-6-10-14-18/h5-18,20,25-28,31-32H,19H2,1-4H3;5-14,16,19-22,24H,15H2,1-4H3/t20?,25-,26+,27+,28?;16?,19-,20+,21?,22-/m11/s1. The maximum absolute atomic E-state index is 13.7. The topological polar surface area (TPSA) is 107 Å². The molecule has 3 aliphatic heterocycles. The van der Waals surface area contributed by atoms with Crippen molar-refractivity contribution < 1.29 is 42.8 Å². The fraction of sp³-hybridized carbons (Fsp3) is 0.423. The van der Waals surface area contributed by atoms with Gasteiger partial charge in [-0.05, 0) is 48.5 Å².